The molecule has 0 fully saturated rings. The van der Waals surface area contributed by atoms with Crippen molar-refractivity contribution in [1.82, 2.24) is 15.6 Å². The van der Waals surface area contributed by atoms with E-state index in [2.05, 4.69) is 46.6 Å². The molecule has 2 N–H and O–H groups in total. The number of rotatable bonds is 11. The molecule has 0 aliphatic heterocycles. The Bertz CT molecular complexity index is 763. The van der Waals surface area contributed by atoms with Crippen molar-refractivity contribution in [1.29, 1.82) is 0 Å². The van der Waals surface area contributed by atoms with Gasteiger partial charge in [-0.2, -0.15) is 0 Å². The first kappa shape index (κ1) is 22.5. The van der Waals surface area contributed by atoms with E-state index in [1.165, 1.54) is 11.1 Å². The fourth-order valence-electron chi connectivity index (χ4n) is 2.75. The molecule has 0 aliphatic carbocycles. The minimum atomic E-state index is 0.487. The molecule has 0 aliphatic rings. The normalized spacial score (nSPS) is 11.2. The molecule has 1 aromatic heterocycles. The van der Waals surface area contributed by atoms with E-state index in [4.69, 9.17) is 14.2 Å². The van der Waals surface area contributed by atoms with Crippen molar-refractivity contribution in [3.63, 3.8) is 0 Å². The van der Waals surface area contributed by atoms with Gasteiger partial charge in [-0.05, 0) is 37.5 Å². The molecule has 2 aromatic rings. The van der Waals surface area contributed by atoms with Gasteiger partial charge < -0.3 is 24.8 Å². The Morgan fingerprint density at radius 2 is 1.97 bits per heavy atom. The minimum Gasteiger partial charge on any atom is -0.496 e. The monoisotopic (exact) mass is 400 g/mol. The van der Waals surface area contributed by atoms with Gasteiger partial charge in [0.2, 0.25) is 5.88 Å². The summed E-state index contributed by atoms with van der Waals surface area (Å²) >= 11 is 0. The first-order valence-corrected chi connectivity index (χ1v) is 9.88. The Kier molecular flexibility index (Phi) is 9.78. The number of aryl methyl sites for hydroxylation is 1. The van der Waals surface area contributed by atoms with E-state index in [-0.39, 0.29) is 0 Å². The van der Waals surface area contributed by atoms with E-state index < -0.39 is 0 Å². The maximum absolute atomic E-state index is 5.48. The van der Waals surface area contributed by atoms with Crippen LogP contribution in [0.5, 0.6) is 11.6 Å². The largest absolute Gasteiger partial charge is 0.496 e. The first-order chi connectivity index (χ1) is 14.2. The van der Waals surface area contributed by atoms with Gasteiger partial charge >= 0.3 is 0 Å². The van der Waals surface area contributed by atoms with Gasteiger partial charge in [0.25, 0.3) is 0 Å². The number of ether oxygens (including phenoxy) is 3. The van der Waals surface area contributed by atoms with Crippen LogP contribution in [-0.4, -0.2) is 51.5 Å². The maximum atomic E-state index is 5.48. The average Bonchev–Trinajstić information content (AvgIpc) is 2.73. The molecule has 0 spiro atoms. The van der Waals surface area contributed by atoms with Gasteiger partial charge in [0.1, 0.15) is 12.4 Å². The molecule has 29 heavy (non-hydrogen) atoms. The Morgan fingerprint density at radius 3 is 2.66 bits per heavy atom. The van der Waals surface area contributed by atoms with Crippen LogP contribution in [-0.2, 0) is 17.7 Å². The SMILES string of the molecule is CCNC(=NCc1ccc(OCCOC)nc1)NCCc1cc(C)ccc1OC. The summed E-state index contributed by atoms with van der Waals surface area (Å²) in [5.74, 6) is 2.28. The van der Waals surface area contributed by atoms with Crippen LogP contribution in [0.15, 0.2) is 41.5 Å². The van der Waals surface area contributed by atoms with E-state index in [0.717, 1.165) is 36.8 Å². The van der Waals surface area contributed by atoms with Crippen molar-refractivity contribution < 1.29 is 14.2 Å². The molecule has 0 bridgehead atoms. The third-order valence-electron chi connectivity index (χ3n) is 4.22. The molecule has 0 amide bonds. The molecule has 2 rings (SSSR count). The first-order valence-electron chi connectivity index (χ1n) is 9.88. The van der Waals surface area contributed by atoms with Gasteiger partial charge in [-0.1, -0.05) is 23.8 Å². The van der Waals surface area contributed by atoms with Crippen molar-refractivity contribution in [2.45, 2.75) is 26.8 Å². The second-order valence-corrected chi connectivity index (χ2v) is 6.53. The molecular formula is C22H32N4O3. The number of hydrogen-bond acceptors (Lipinski definition) is 5. The molecular weight excluding hydrogens is 368 g/mol. The Hall–Kier alpha value is -2.80. The molecule has 0 saturated heterocycles. The molecule has 0 unspecified atom stereocenters. The number of nitrogens with zero attached hydrogens (tertiary/aromatic N) is 2. The topological polar surface area (TPSA) is 77.0 Å². The lowest BCUT2D eigenvalue weighted by Gasteiger charge is -2.13. The predicted molar refractivity (Wildman–Crippen MR) is 116 cm³/mol. The lowest BCUT2D eigenvalue weighted by Crippen LogP contribution is -2.38. The fourth-order valence-corrected chi connectivity index (χ4v) is 2.75. The van der Waals surface area contributed by atoms with Crippen LogP contribution in [0.2, 0.25) is 0 Å². The third-order valence-corrected chi connectivity index (χ3v) is 4.22. The number of benzene rings is 1. The van der Waals surface area contributed by atoms with Gasteiger partial charge in [-0.25, -0.2) is 9.98 Å². The lowest BCUT2D eigenvalue weighted by atomic mass is 10.1. The van der Waals surface area contributed by atoms with Gasteiger partial charge in [0, 0.05) is 32.5 Å². The number of hydrogen-bond donors (Lipinski definition) is 2. The minimum absolute atomic E-state index is 0.487. The highest BCUT2D eigenvalue weighted by atomic mass is 16.5. The number of aromatic nitrogens is 1. The van der Waals surface area contributed by atoms with Gasteiger partial charge in [-0.3, -0.25) is 0 Å². The zero-order valence-electron chi connectivity index (χ0n) is 17.8. The number of pyridine rings is 1. The van der Waals surface area contributed by atoms with Gasteiger partial charge in [0.15, 0.2) is 5.96 Å². The van der Waals surface area contributed by atoms with Crippen molar-refractivity contribution in [2.75, 3.05) is 40.5 Å². The number of guanidine groups is 1. The highest BCUT2D eigenvalue weighted by molar-refractivity contribution is 5.79. The zero-order chi connectivity index (χ0) is 20.9. The van der Waals surface area contributed by atoms with Crippen molar-refractivity contribution >= 4 is 5.96 Å². The summed E-state index contributed by atoms with van der Waals surface area (Å²) in [7, 11) is 3.35. The standard InChI is InChI=1S/C22H32N4O3/c1-5-23-22(24-11-10-19-14-17(2)6-8-20(19)28-4)26-16-18-7-9-21(25-15-18)29-13-12-27-3/h6-9,14-15H,5,10-13,16H2,1-4H3,(H2,23,24,26). The Labute approximate surface area is 173 Å². The highest BCUT2D eigenvalue weighted by Crippen LogP contribution is 2.19. The molecule has 1 aromatic carbocycles. The second-order valence-electron chi connectivity index (χ2n) is 6.53. The summed E-state index contributed by atoms with van der Waals surface area (Å²) in [6, 6.07) is 10.1. The smallest absolute Gasteiger partial charge is 0.213 e. The molecule has 0 saturated carbocycles. The highest BCUT2D eigenvalue weighted by Gasteiger charge is 2.04. The van der Waals surface area contributed by atoms with Crippen LogP contribution < -0.4 is 20.1 Å². The third kappa shape index (κ3) is 7.99. The molecule has 7 nitrogen and oxygen atoms in total. The Morgan fingerprint density at radius 1 is 1.10 bits per heavy atom. The van der Waals surface area contributed by atoms with Crippen LogP contribution in [0.1, 0.15) is 23.6 Å². The summed E-state index contributed by atoms with van der Waals surface area (Å²) in [6.45, 7) is 7.26. The van der Waals surface area contributed by atoms with E-state index in [0.29, 0.717) is 25.6 Å². The lowest BCUT2D eigenvalue weighted by molar-refractivity contribution is 0.143. The molecule has 0 radical (unpaired) electrons. The van der Waals surface area contributed by atoms with E-state index in [1.807, 2.05) is 18.2 Å². The van der Waals surface area contributed by atoms with Crippen LogP contribution in [0, 0.1) is 6.92 Å². The molecule has 158 valence electrons. The van der Waals surface area contributed by atoms with Crippen molar-refractivity contribution in [2.24, 2.45) is 4.99 Å². The molecule has 7 heteroatoms. The number of methoxy groups -OCH3 is 2. The summed E-state index contributed by atoms with van der Waals surface area (Å²) in [6.07, 6.45) is 2.64. The second kappa shape index (κ2) is 12.6. The summed E-state index contributed by atoms with van der Waals surface area (Å²) in [5, 5.41) is 6.65. The molecule has 1 heterocycles. The van der Waals surface area contributed by atoms with Gasteiger partial charge in [0.05, 0.1) is 20.3 Å². The quantitative estimate of drug-likeness (QED) is 0.343. The van der Waals surface area contributed by atoms with Crippen LogP contribution in [0.4, 0.5) is 0 Å². The Balaban J connectivity index is 1.88. The van der Waals surface area contributed by atoms with E-state index in [9.17, 15) is 0 Å². The van der Waals surface area contributed by atoms with Crippen LogP contribution >= 0.6 is 0 Å². The fraction of sp³-hybridized carbons (Fsp3) is 0.455. The maximum Gasteiger partial charge on any atom is 0.213 e. The van der Waals surface area contributed by atoms with Crippen molar-refractivity contribution in [3.05, 3.63) is 53.2 Å². The summed E-state index contributed by atoms with van der Waals surface area (Å²) in [4.78, 5) is 8.94. The number of nitrogens with one attached hydrogen (secondary N) is 2. The molecule has 0 atom stereocenters. The van der Waals surface area contributed by atoms with Gasteiger partial charge in [-0.15, -0.1) is 0 Å². The van der Waals surface area contributed by atoms with Crippen LogP contribution in [0.25, 0.3) is 0 Å². The van der Waals surface area contributed by atoms with E-state index >= 15 is 0 Å². The van der Waals surface area contributed by atoms with Crippen molar-refractivity contribution in [3.8, 4) is 11.6 Å². The summed E-state index contributed by atoms with van der Waals surface area (Å²) < 4.78 is 15.9. The van der Waals surface area contributed by atoms with Crippen LogP contribution in [0.3, 0.4) is 0 Å². The average molecular weight is 401 g/mol. The zero-order valence-corrected chi connectivity index (χ0v) is 17.8. The predicted octanol–water partition coefficient (Wildman–Crippen LogP) is 2.72. The number of aliphatic imine (C=N–C) groups is 1. The van der Waals surface area contributed by atoms with E-state index in [1.54, 1.807) is 20.4 Å². The summed E-state index contributed by atoms with van der Waals surface area (Å²) in [5.41, 5.74) is 3.43.